The zero-order valence-corrected chi connectivity index (χ0v) is 13.6. The number of carbonyl (C=O) groups is 2. The van der Waals surface area contributed by atoms with Gasteiger partial charge in [0.15, 0.2) is 5.11 Å². The summed E-state index contributed by atoms with van der Waals surface area (Å²) in [7, 11) is 0. The Kier molecular flexibility index (Phi) is 6.10. The van der Waals surface area contributed by atoms with E-state index in [4.69, 9.17) is 21.7 Å². The van der Waals surface area contributed by atoms with Gasteiger partial charge in [0.2, 0.25) is 0 Å². The Morgan fingerprint density at radius 3 is 2.61 bits per heavy atom. The van der Waals surface area contributed by atoms with Crippen molar-refractivity contribution in [3.63, 3.8) is 0 Å². The lowest BCUT2D eigenvalue weighted by Crippen LogP contribution is -2.21. The van der Waals surface area contributed by atoms with Crippen LogP contribution in [0.2, 0.25) is 0 Å². The first-order valence-electron chi connectivity index (χ1n) is 7.31. The summed E-state index contributed by atoms with van der Waals surface area (Å²) in [5.74, 6) is 0.253. The summed E-state index contributed by atoms with van der Waals surface area (Å²) in [6.07, 6.45) is 2.66. The average Bonchev–Trinajstić information content (AvgIpc) is 2.83. The maximum absolute atomic E-state index is 11.5. The van der Waals surface area contributed by atoms with E-state index in [1.165, 1.54) is 0 Å². The maximum atomic E-state index is 11.5. The molecule has 6 nitrogen and oxygen atoms in total. The molecule has 1 aromatic rings. The highest BCUT2D eigenvalue weighted by Crippen LogP contribution is 2.15. The second-order valence-electron chi connectivity index (χ2n) is 4.79. The zero-order valence-electron chi connectivity index (χ0n) is 12.8. The lowest BCUT2D eigenvalue weighted by Gasteiger charge is -2.06. The number of hydrogen-bond donors (Lipinski definition) is 2. The van der Waals surface area contributed by atoms with Crippen molar-refractivity contribution in [2.75, 3.05) is 13.2 Å². The summed E-state index contributed by atoms with van der Waals surface area (Å²) in [6, 6.07) is 7.29. The van der Waals surface area contributed by atoms with Crippen LogP contribution in [0.5, 0.6) is 5.75 Å². The van der Waals surface area contributed by atoms with Crippen LogP contribution in [0, 0.1) is 0 Å². The molecule has 7 heteroatoms. The first-order valence-corrected chi connectivity index (χ1v) is 7.72. The largest absolute Gasteiger partial charge is 0.494 e. The Morgan fingerprint density at radius 2 is 2.00 bits per heavy atom. The van der Waals surface area contributed by atoms with Crippen LogP contribution in [0.4, 0.5) is 0 Å². The lowest BCUT2D eigenvalue weighted by atomic mass is 10.2. The van der Waals surface area contributed by atoms with E-state index in [-0.39, 0.29) is 11.9 Å². The van der Waals surface area contributed by atoms with E-state index in [1.54, 1.807) is 13.0 Å². The molecular weight excluding hydrogens is 316 g/mol. The van der Waals surface area contributed by atoms with Gasteiger partial charge in [-0.15, -0.1) is 0 Å². The predicted molar refractivity (Wildman–Crippen MR) is 89.7 cm³/mol. The molecule has 1 aromatic carbocycles. The number of nitrogens with one attached hydrogen (secondary N) is 2. The minimum absolute atomic E-state index is 0.210. The molecule has 1 aliphatic rings. The topological polar surface area (TPSA) is 76.7 Å². The summed E-state index contributed by atoms with van der Waals surface area (Å²) in [6.45, 7) is 2.62. The second-order valence-corrected chi connectivity index (χ2v) is 5.20. The van der Waals surface area contributed by atoms with Crippen LogP contribution in [-0.2, 0) is 14.3 Å². The van der Waals surface area contributed by atoms with Crippen molar-refractivity contribution in [2.45, 2.75) is 19.8 Å². The third kappa shape index (κ3) is 5.37. The molecule has 0 spiro atoms. The van der Waals surface area contributed by atoms with Crippen LogP contribution in [-0.4, -0.2) is 30.2 Å². The van der Waals surface area contributed by atoms with Crippen molar-refractivity contribution >= 4 is 35.3 Å². The molecule has 0 unspecified atom stereocenters. The number of amides is 1. The zero-order chi connectivity index (χ0) is 16.7. The van der Waals surface area contributed by atoms with Gasteiger partial charge in [-0.2, -0.15) is 0 Å². The highest BCUT2D eigenvalue weighted by molar-refractivity contribution is 7.80. The summed E-state index contributed by atoms with van der Waals surface area (Å²) < 4.78 is 10.4. The molecule has 0 radical (unpaired) electrons. The van der Waals surface area contributed by atoms with Crippen LogP contribution in [0.3, 0.4) is 0 Å². The van der Waals surface area contributed by atoms with Crippen LogP contribution < -0.4 is 15.4 Å². The third-order valence-electron chi connectivity index (χ3n) is 3.01. The summed E-state index contributed by atoms with van der Waals surface area (Å²) in [5.41, 5.74) is 1.27. The average molecular weight is 334 g/mol. The van der Waals surface area contributed by atoms with Crippen molar-refractivity contribution in [3.05, 3.63) is 35.5 Å². The van der Waals surface area contributed by atoms with Gasteiger partial charge in [0.1, 0.15) is 11.4 Å². The van der Waals surface area contributed by atoms with E-state index in [1.807, 2.05) is 24.3 Å². The van der Waals surface area contributed by atoms with Crippen LogP contribution in [0.1, 0.15) is 25.3 Å². The molecule has 1 heterocycles. The molecule has 0 saturated carbocycles. The summed E-state index contributed by atoms with van der Waals surface area (Å²) in [5, 5.41) is 5.60. The number of benzene rings is 1. The fourth-order valence-corrected chi connectivity index (χ4v) is 2.15. The number of esters is 1. The molecular formula is C16H18N2O4S. The molecule has 2 N–H and O–H groups in total. The van der Waals surface area contributed by atoms with E-state index in [2.05, 4.69) is 10.6 Å². The van der Waals surface area contributed by atoms with Crippen molar-refractivity contribution < 1.29 is 19.1 Å². The molecule has 2 rings (SSSR count). The number of carbonyl (C=O) groups excluding carboxylic acids is 2. The fraction of sp³-hybridized carbons (Fsp3) is 0.312. The Morgan fingerprint density at radius 1 is 1.26 bits per heavy atom. The highest BCUT2D eigenvalue weighted by atomic mass is 32.1. The normalized spacial score (nSPS) is 15.3. The van der Waals surface area contributed by atoms with E-state index in [9.17, 15) is 9.59 Å². The molecule has 0 aromatic heterocycles. The third-order valence-corrected chi connectivity index (χ3v) is 3.21. The van der Waals surface area contributed by atoms with Gasteiger partial charge in [0.05, 0.1) is 13.2 Å². The Labute approximate surface area is 139 Å². The van der Waals surface area contributed by atoms with Crippen molar-refractivity contribution in [2.24, 2.45) is 0 Å². The molecule has 0 bridgehead atoms. The van der Waals surface area contributed by atoms with E-state index in [0.29, 0.717) is 42.6 Å². The fourth-order valence-electron chi connectivity index (χ4n) is 1.95. The second kappa shape index (κ2) is 8.28. The monoisotopic (exact) mass is 334 g/mol. The summed E-state index contributed by atoms with van der Waals surface area (Å²) >= 11 is 4.87. The van der Waals surface area contributed by atoms with Crippen LogP contribution in [0.15, 0.2) is 30.0 Å². The number of hydrogen-bond acceptors (Lipinski definition) is 5. The Balaban J connectivity index is 1.81. The quantitative estimate of drug-likeness (QED) is 0.342. The Hall–Kier alpha value is -2.41. The van der Waals surface area contributed by atoms with Gasteiger partial charge in [-0.25, -0.2) is 0 Å². The highest BCUT2D eigenvalue weighted by Gasteiger charge is 2.19. The molecule has 1 fully saturated rings. The van der Waals surface area contributed by atoms with Gasteiger partial charge in [-0.05, 0) is 49.3 Å². The van der Waals surface area contributed by atoms with E-state index < -0.39 is 0 Å². The first kappa shape index (κ1) is 17.0. The maximum Gasteiger partial charge on any atom is 0.305 e. The number of rotatable bonds is 7. The number of ether oxygens (including phenoxy) is 2. The molecule has 0 atom stereocenters. The van der Waals surface area contributed by atoms with Crippen molar-refractivity contribution in [1.29, 1.82) is 0 Å². The van der Waals surface area contributed by atoms with Gasteiger partial charge in [0, 0.05) is 6.42 Å². The molecule has 1 aliphatic heterocycles. The molecule has 23 heavy (non-hydrogen) atoms. The lowest BCUT2D eigenvalue weighted by molar-refractivity contribution is -0.143. The summed E-state index contributed by atoms with van der Waals surface area (Å²) in [4.78, 5) is 22.7. The van der Waals surface area contributed by atoms with Gasteiger partial charge in [-0.3, -0.25) is 14.9 Å². The number of thiocarbonyl (C=S) groups is 1. The van der Waals surface area contributed by atoms with Gasteiger partial charge in [0.25, 0.3) is 5.91 Å². The van der Waals surface area contributed by atoms with Crippen LogP contribution >= 0.6 is 12.2 Å². The Bertz CT molecular complexity index is 625. The minimum Gasteiger partial charge on any atom is -0.494 e. The van der Waals surface area contributed by atoms with Gasteiger partial charge >= 0.3 is 5.97 Å². The van der Waals surface area contributed by atoms with Crippen LogP contribution in [0.25, 0.3) is 6.08 Å². The van der Waals surface area contributed by atoms with Crippen molar-refractivity contribution in [3.8, 4) is 5.75 Å². The predicted octanol–water partition coefficient (Wildman–Crippen LogP) is 1.75. The SMILES string of the molecule is CCOC(=O)CCCOc1ccc(/C=C2/NC(=S)NC2=O)cc1. The van der Waals surface area contributed by atoms with Gasteiger partial charge < -0.3 is 14.8 Å². The molecule has 0 aliphatic carbocycles. The first-order chi connectivity index (χ1) is 11.1. The standard InChI is InChI=1S/C16H18N2O4S/c1-2-21-14(19)4-3-9-22-12-7-5-11(6-8-12)10-13-15(20)18-16(23)17-13/h5-8,10H,2-4,9H2,1H3,(H2,17,18,20,23)/b13-10+. The molecule has 1 amide bonds. The van der Waals surface area contributed by atoms with Gasteiger partial charge in [-0.1, -0.05) is 12.1 Å². The minimum atomic E-state index is -0.241. The van der Waals surface area contributed by atoms with E-state index in [0.717, 1.165) is 5.56 Å². The van der Waals surface area contributed by atoms with E-state index >= 15 is 0 Å². The smallest absolute Gasteiger partial charge is 0.305 e. The van der Waals surface area contributed by atoms with Crippen molar-refractivity contribution in [1.82, 2.24) is 10.6 Å². The molecule has 1 saturated heterocycles. The molecule has 122 valence electrons.